The average molecular weight is 455 g/mol. The molecule has 0 aliphatic heterocycles. The van der Waals surface area contributed by atoms with Crippen LogP contribution in [0.1, 0.15) is 5.76 Å². The number of hydrogen-bond donors (Lipinski definition) is 1. The van der Waals surface area contributed by atoms with Crippen LogP contribution < -0.4 is 10.1 Å². The van der Waals surface area contributed by atoms with Gasteiger partial charge in [0.25, 0.3) is 0 Å². The SMILES string of the molecule is COc1ccc(NC(=O)CSc2nnc(-c3ccc(Cl)cc3)n2Cc2ccco2)cc1. The van der Waals surface area contributed by atoms with Gasteiger partial charge < -0.3 is 14.5 Å². The molecule has 0 bridgehead atoms. The predicted octanol–water partition coefficient (Wildman–Crippen LogP) is 4.98. The number of benzene rings is 2. The number of nitrogens with one attached hydrogen (secondary N) is 1. The van der Waals surface area contributed by atoms with Crippen molar-refractivity contribution in [3.63, 3.8) is 0 Å². The molecule has 2 aromatic carbocycles. The maximum Gasteiger partial charge on any atom is 0.234 e. The van der Waals surface area contributed by atoms with Gasteiger partial charge in [0.15, 0.2) is 11.0 Å². The van der Waals surface area contributed by atoms with Gasteiger partial charge in [-0.05, 0) is 60.7 Å². The van der Waals surface area contributed by atoms with E-state index < -0.39 is 0 Å². The maximum absolute atomic E-state index is 12.4. The van der Waals surface area contributed by atoms with Gasteiger partial charge in [-0.15, -0.1) is 10.2 Å². The Kier molecular flexibility index (Phi) is 6.59. The van der Waals surface area contributed by atoms with Crippen LogP contribution in [0.5, 0.6) is 5.75 Å². The third kappa shape index (κ3) is 5.28. The van der Waals surface area contributed by atoms with Crippen LogP contribution in [-0.4, -0.2) is 33.5 Å². The largest absolute Gasteiger partial charge is 0.497 e. The number of ether oxygens (including phenoxy) is 1. The van der Waals surface area contributed by atoms with Gasteiger partial charge >= 0.3 is 0 Å². The third-order valence-electron chi connectivity index (χ3n) is 4.42. The second-order valence-corrected chi connectivity index (χ2v) is 7.92. The van der Waals surface area contributed by atoms with Crippen molar-refractivity contribution in [3.8, 4) is 17.1 Å². The van der Waals surface area contributed by atoms with Gasteiger partial charge in [0.05, 0.1) is 25.7 Å². The molecule has 0 fully saturated rings. The number of hydrogen-bond acceptors (Lipinski definition) is 6. The topological polar surface area (TPSA) is 82.2 Å². The lowest BCUT2D eigenvalue weighted by molar-refractivity contribution is -0.113. The standard InChI is InChI=1S/C22H19ClN4O3S/c1-29-18-10-8-17(9-11-18)24-20(28)14-31-22-26-25-21(15-4-6-16(23)7-5-15)27(22)13-19-3-2-12-30-19/h2-12H,13-14H2,1H3,(H,24,28). The molecule has 0 unspecified atom stereocenters. The van der Waals surface area contributed by atoms with E-state index in [1.165, 1.54) is 11.8 Å². The summed E-state index contributed by atoms with van der Waals surface area (Å²) in [7, 11) is 1.60. The molecule has 2 heterocycles. The Morgan fingerprint density at radius 2 is 1.90 bits per heavy atom. The van der Waals surface area contributed by atoms with Crippen LogP contribution in [-0.2, 0) is 11.3 Å². The minimum absolute atomic E-state index is 0.143. The van der Waals surface area contributed by atoms with E-state index in [2.05, 4.69) is 15.5 Å². The molecule has 0 saturated heterocycles. The Bertz CT molecular complexity index is 1140. The summed E-state index contributed by atoms with van der Waals surface area (Å²) >= 11 is 7.32. The molecule has 1 N–H and O–H groups in total. The number of rotatable bonds is 8. The van der Waals surface area contributed by atoms with Crippen molar-refractivity contribution in [1.82, 2.24) is 14.8 Å². The van der Waals surface area contributed by atoms with Crippen LogP contribution in [0.2, 0.25) is 5.02 Å². The number of aromatic nitrogens is 3. The summed E-state index contributed by atoms with van der Waals surface area (Å²) in [5, 5.41) is 12.8. The van der Waals surface area contributed by atoms with Gasteiger partial charge in [-0.2, -0.15) is 0 Å². The molecule has 0 aliphatic rings. The average Bonchev–Trinajstić information content (AvgIpc) is 3.44. The molecule has 0 radical (unpaired) electrons. The lowest BCUT2D eigenvalue weighted by Crippen LogP contribution is -2.14. The Morgan fingerprint density at radius 3 is 2.58 bits per heavy atom. The summed E-state index contributed by atoms with van der Waals surface area (Å²) in [6.45, 7) is 0.445. The van der Waals surface area contributed by atoms with Crippen molar-refractivity contribution < 1.29 is 13.9 Å². The molecule has 4 rings (SSSR count). The van der Waals surface area contributed by atoms with Crippen LogP contribution in [0.4, 0.5) is 5.69 Å². The van der Waals surface area contributed by atoms with Crippen LogP contribution >= 0.6 is 23.4 Å². The normalized spacial score (nSPS) is 10.8. The number of carbonyl (C=O) groups is 1. The first-order chi connectivity index (χ1) is 15.1. The number of amides is 1. The molecule has 0 aliphatic carbocycles. The van der Waals surface area contributed by atoms with Gasteiger partial charge in [-0.3, -0.25) is 9.36 Å². The van der Waals surface area contributed by atoms with Crippen molar-refractivity contribution in [1.29, 1.82) is 0 Å². The third-order valence-corrected chi connectivity index (χ3v) is 5.64. The lowest BCUT2D eigenvalue weighted by atomic mass is 10.2. The van der Waals surface area contributed by atoms with Crippen molar-refractivity contribution >= 4 is 35.0 Å². The molecular weight excluding hydrogens is 436 g/mol. The molecule has 158 valence electrons. The quantitative estimate of drug-likeness (QED) is 0.378. The van der Waals surface area contributed by atoms with E-state index in [-0.39, 0.29) is 11.7 Å². The molecule has 1 amide bonds. The molecular formula is C22H19ClN4O3S. The summed E-state index contributed by atoms with van der Waals surface area (Å²) in [4.78, 5) is 12.4. The number of halogens is 1. The van der Waals surface area contributed by atoms with E-state index in [9.17, 15) is 4.79 Å². The highest BCUT2D eigenvalue weighted by atomic mass is 35.5. The van der Waals surface area contributed by atoms with Crippen molar-refractivity contribution in [2.24, 2.45) is 0 Å². The van der Waals surface area contributed by atoms with Crippen molar-refractivity contribution in [2.75, 3.05) is 18.2 Å². The highest BCUT2D eigenvalue weighted by molar-refractivity contribution is 7.99. The zero-order chi connectivity index (χ0) is 21.6. The Morgan fingerprint density at radius 1 is 1.13 bits per heavy atom. The van der Waals surface area contributed by atoms with E-state index in [1.54, 1.807) is 49.8 Å². The lowest BCUT2D eigenvalue weighted by Gasteiger charge is -2.09. The Balaban J connectivity index is 1.50. The predicted molar refractivity (Wildman–Crippen MR) is 121 cm³/mol. The molecule has 0 spiro atoms. The monoisotopic (exact) mass is 454 g/mol. The van der Waals surface area contributed by atoms with E-state index in [0.717, 1.165) is 17.1 Å². The summed E-state index contributed by atoms with van der Waals surface area (Å²) < 4.78 is 12.6. The smallest absolute Gasteiger partial charge is 0.234 e. The summed E-state index contributed by atoms with van der Waals surface area (Å²) in [5.41, 5.74) is 1.57. The van der Waals surface area contributed by atoms with E-state index in [4.69, 9.17) is 20.8 Å². The van der Waals surface area contributed by atoms with Gasteiger partial charge in [0, 0.05) is 16.3 Å². The zero-order valence-corrected chi connectivity index (χ0v) is 18.2. The number of carbonyl (C=O) groups excluding carboxylic acids is 1. The minimum atomic E-state index is -0.143. The Labute approximate surface area is 188 Å². The van der Waals surface area contributed by atoms with Gasteiger partial charge in [-0.25, -0.2) is 0 Å². The molecule has 4 aromatic rings. The zero-order valence-electron chi connectivity index (χ0n) is 16.6. The fourth-order valence-electron chi connectivity index (χ4n) is 2.91. The number of furan rings is 1. The van der Waals surface area contributed by atoms with E-state index in [0.29, 0.717) is 28.2 Å². The first-order valence-corrected chi connectivity index (χ1v) is 10.8. The van der Waals surface area contributed by atoms with Gasteiger partial charge in [0.1, 0.15) is 11.5 Å². The molecule has 0 atom stereocenters. The van der Waals surface area contributed by atoms with Gasteiger partial charge in [-0.1, -0.05) is 23.4 Å². The second kappa shape index (κ2) is 9.72. The number of nitrogens with zero attached hydrogens (tertiary/aromatic N) is 3. The first kappa shape index (κ1) is 21.0. The fraction of sp³-hybridized carbons (Fsp3) is 0.136. The summed E-state index contributed by atoms with van der Waals surface area (Å²) in [6.07, 6.45) is 1.62. The van der Waals surface area contributed by atoms with Crippen LogP contribution in [0.25, 0.3) is 11.4 Å². The molecule has 9 heteroatoms. The first-order valence-electron chi connectivity index (χ1n) is 9.40. The van der Waals surface area contributed by atoms with Crippen molar-refractivity contribution in [2.45, 2.75) is 11.7 Å². The molecule has 7 nitrogen and oxygen atoms in total. The van der Waals surface area contributed by atoms with E-state index in [1.807, 2.05) is 28.8 Å². The second-order valence-electron chi connectivity index (χ2n) is 6.54. The van der Waals surface area contributed by atoms with Gasteiger partial charge in [0.2, 0.25) is 5.91 Å². The maximum atomic E-state index is 12.4. The summed E-state index contributed by atoms with van der Waals surface area (Å²) in [5.74, 6) is 2.21. The molecule has 0 saturated carbocycles. The van der Waals surface area contributed by atoms with E-state index >= 15 is 0 Å². The Hall–Kier alpha value is -3.23. The number of methoxy groups -OCH3 is 1. The minimum Gasteiger partial charge on any atom is -0.497 e. The van der Waals surface area contributed by atoms with Crippen LogP contribution in [0.3, 0.4) is 0 Å². The molecule has 2 aromatic heterocycles. The summed E-state index contributed by atoms with van der Waals surface area (Å²) in [6, 6.07) is 18.3. The highest BCUT2D eigenvalue weighted by Crippen LogP contribution is 2.26. The number of thioether (sulfide) groups is 1. The molecule has 31 heavy (non-hydrogen) atoms. The van der Waals surface area contributed by atoms with Crippen LogP contribution in [0.15, 0.2) is 76.5 Å². The fourth-order valence-corrected chi connectivity index (χ4v) is 3.77. The number of anilines is 1. The van der Waals surface area contributed by atoms with Crippen LogP contribution in [0, 0.1) is 0 Å². The van der Waals surface area contributed by atoms with Crippen molar-refractivity contribution in [3.05, 3.63) is 77.7 Å². The highest BCUT2D eigenvalue weighted by Gasteiger charge is 2.17.